The van der Waals surface area contributed by atoms with Crippen LogP contribution in [-0.2, 0) is 19.6 Å². The third kappa shape index (κ3) is 3.57. The van der Waals surface area contributed by atoms with E-state index in [1.54, 1.807) is 13.0 Å². The molecule has 1 fully saturated rings. The summed E-state index contributed by atoms with van der Waals surface area (Å²) < 4.78 is 41.7. The number of allylic oxidation sites excluding steroid dienone is 2. The Morgan fingerprint density at radius 2 is 2.00 bits per heavy atom. The summed E-state index contributed by atoms with van der Waals surface area (Å²) >= 11 is 4.97. The minimum absolute atomic E-state index is 0.00852. The van der Waals surface area contributed by atoms with Gasteiger partial charge in [-0.15, -0.1) is 0 Å². The lowest BCUT2D eigenvalue weighted by Gasteiger charge is -2.11. The number of nitrogens with zero attached hydrogens (tertiary/aromatic N) is 2. The van der Waals surface area contributed by atoms with E-state index in [1.807, 2.05) is 36.2 Å². The van der Waals surface area contributed by atoms with Gasteiger partial charge in [0.2, 0.25) is 5.88 Å². The summed E-state index contributed by atoms with van der Waals surface area (Å²) in [5.41, 5.74) is 1.36. The quantitative estimate of drug-likeness (QED) is 0.466. The van der Waals surface area contributed by atoms with Gasteiger partial charge >= 0.3 is 0 Å². The molecule has 0 saturated carbocycles. The van der Waals surface area contributed by atoms with Gasteiger partial charge in [0, 0.05) is 25.2 Å². The van der Waals surface area contributed by atoms with Crippen molar-refractivity contribution in [2.45, 2.75) is 6.92 Å². The fourth-order valence-corrected chi connectivity index (χ4v) is 3.21. The molecule has 0 atom stereocenters. The lowest BCUT2D eigenvalue weighted by molar-refractivity contribution is -0.122. The molecule has 0 radical (unpaired) electrons. The number of benzene rings is 1. The summed E-state index contributed by atoms with van der Waals surface area (Å²) in [5, 5.41) is -0.157. The molecule has 138 valence electrons. The number of para-hydroxylation sites is 2. The van der Waals surface area contributed by atoms with Gasteiger partial charge in [0.05, 0.1) is 11.4 Å². The minimum Gasteiger partial charge on any atom is -0.439 e. The second kappa shape index (κ2) is 6.71. The van der Waals surface area contributed by atoms with Crippen LogP contribution in [0, 0.1) is 0 Å². The topological polar surface area (TPSA) is 96.4 Å². The van der Waals surface area contributed by atoms with Crippen LogP contribution in [0.2, 0.25) is 0 Å². The minimum atomic E-state index is -4.22. The van der Waals surface area contributed by atoms with Crippen molar-refractivity contribution in [2.24, 2.45) is 0 Å². The van der Waals surface area contributed by atoms with Gasteiger partial charge in [0.25, 0.3) is 21.2 Å². The first-order chi connectivity index (χ1) is 12.2. The molecule has 2 aliphatic heterocycles. The molecule has 0 spiro atoms. The Bertz CT molecular complexity index is 951. The first kappa shape index (κ1) is 18.4. The van der Waals surface area contributed by atoms with Crippen molar-refractivity contribution in [3.05, 3.63) is 47.6 Å². The second-order valence-corrected chi connectivity index (χ2v) is 7.66. The molecule has 8 nitrogen and oxygen atoms in total. The van der Waals surface area contributed by atoms with Crippen LogP contribution in [0.3, 0.4) is 0 Å². The molecule has 0 aliphatic carbocycles. The Kier molecular flexibility index (Phi) is 4.74. The molecule has 1 aromatic carbocycles. The largest absolute Gasteiger partial charge is 0.439 e. The van der Waals surface area contributed by atoms with Gasteiger partial charge in [-0.1, -0.05) is 12.1 Å². The lowest BCUT2D eigenvalue weighted by atomic mass is 10.2. The molecule has 1 aromatic rings. The van der Waals surface area contributed by atoms with Crippen LogP contribution in [-0.4, -0.2) is 48.3 Å². The summed E-state index contributed by atoms with van der Waals surface area (Å²) in [6.45, 7) is 1.38. The van der Waals surface area contributed by atoms with Gasteiger partial charge in [0.15, 0.2) is 11.5 Å². The fraction of sp³-hybridized carbons (Fsp3) is 0.250. The van der Waals surface area contributed by atoms with Crippen LogP contribution in [0.4, 0.5) is 5.69 Å². The van der Waals surface area contributed by atoms with E-state index in [-0.39, 0.29) is 17.5 Å². The van der Waals surface area contributed by atoms with E-state index in [0.29, 0.717) is 17.2 Å². The van der Waals surface area contributed by atoms with Crippen molar-refractivity contribution in [1.82, 2.24) is 4.90 Å². The number of thiocarbonyl (C=S) groups is 1. The molecule has 0 bridgehead atoms. The summed E-state index contributed by atoms with van der Waals surface area (Å²) in [4.78, 5) is 15.3. The molecule has 2 aliphatic rings. The Morgan fingerprint density at radius 3 is 2.65 bits per heavy atom. The summed E-state index contributed by atoms with van der Waals surface area (Å²) in [5.74, 6) is 0.00599. The zero-order valence-corrected chi connectivity index (χ0v) is 15.6. The molecule has 10 heteroatoms. The summed E-state index contributed by atoms with van der Waals surface area (Å²) in [6.07, 6.45) is 1.64. The molecule has 2 heterocycles. The van der Waals surface area contributed by atoms with Crippen molar-refractivity contribution in [1.29, 1.82) is 0 Å². The highest BCUT2D eigenvalue weighted by molar-refractivity contribution is 7.85. The van der Waals surface area contributed by atoms with Crippen LogP contribution < -0.4 is 9.64 Å². The van der Waals surface area contributed by atoms with Gasteiger partial charge in [-0.2, -0.15) is 8.42 Å². The maximum atomic E-state index is 12.4. The highest BCUT2D eigenvalue weighted by Crippen LogP contribution is 2.38. The smallest absolute Gasteiger partial charge is 0.297 e. The summed E-state index contributed by atoms with van der Waals surface area (Å²) in [6, 6.07) is 7.48. The number of anilines is 1. The number of carbonyl (C=O) groups excluding carboxylic acids is 1. The average Bonchev–Trinajstić information content (AvgIpc) is 3.02. The monoisotopic (exact) mass is 396 g/mol. The Morgan fingerprint density at radius 1 is 1.31 bits per heavy atom. The molecule has 1 N–H and O–H groups in total. The van der Waals surface area contributed by atoms with E-state index in [4.69, 9.17) is 26.2 Å². The van der Waals surface area contributed by atoms with Crippen LogP contribution in [0.5, 0.6) is 5.75 Å². The van der Waals surface area contributed by atoms with Crippen LogP contribution >= 0.6 is 12.2 Å². The van der Waals surface area contributed by atoms with Crippen molar-refractivity contribution >= 4 is 39.1 Å². The number of ether oxygens (including phenoxy) is 2. The van der Waals surface area contributed by atoms with Crippen LogP contribution in [0.25, 0.3) is 0 Å². The molecule has 1 saturated heterocycles. The van der Waals surface area contributed by atoms with Crippen LogP contribution in [0.1, 0.15) is 6.92 Å². The molecule has 3 rings (SSSR count). The Balaban J connectivity index is 1.83. The standard InChI is InChI=1S/C16H16N2O6S2/c1-10(9-13-17(2)11-5-3-4-6-12(11)23-13)14-15(19)18(16(25)24-14)7-8-26(20,21)22/h3-6,9H,7-8H2,1-2H3,(H,20,21,22)/b13-9?,14-10-. The SMILES string of the molecule is C/C(C=C1Oc2ccccc2N1C)=C1/OC(=S)N(CCS(=O)(=O)O)C1=O. The highest BCUT2D eigenvalue weighted by Gasteiger charge is 2.35. The zero-order chi connectivity index (χ0) is 19.1. The maximum Gasteiger partial charge on any atom is 0.297 e. The zero-order valence-electron chi connectivity index (χ0n) is 14.0. The van der Waals surface area contributed by atoms with Gasteiger partial charge < -0.3 is 14.4 Å². The predicted octanol–water partition coefficient (Wildman–Crippen LogP) is 1.66. The van der Waals surface area contributed by atoms with Gasteiger partial charge in [-0.3, -0.25) is 14.2 Å². The lowest BCUT2D eigenvalue weighted by Crippen LogP contribution is -2.33. The van der Waals surface area contributed by atoms with Gasteiger partial charge in [-0.05, 0) is 31.3 Å². The predicted molar refractivity (Wildman–Crippen MR) is 98.1 cm³/mol. The molecule has 0 aromatic heterocycles. The average molecular weight is 396 g/mol. The second-order valence-electron chi connectivity index (χ2n) is 5.73. The van der Waals surface area contributed by atoms with Crippen molar-refractivity contribution < 1.29 is 27.2 Å². The number of hydrogen-bond acceptors (Lipinski definition) is 7. The van der Waals surface area contributed by atoms with Crippen LogP contribution in [0.15, 0.2) is 47.6 Å². The number of hydrogen-bond donors (Lipinski definition) is 1. The number of amides is 1. The van der Waals surface area contributed by atoms with Gasteiger partial charge in [0.1, 0.15) is 0 Å². The van der Waals surface area contributed by atoms with Gasteiger partial charge in [-0.25, -0.2) is 0 Å². The molecule has 0 unspecified atom stereocenters. The first-order valence-electron chi connectivity index (χ1n) is 7.59. The highest BCUT2D eigenvalue weighted by atomic mass is 32.2. The fourth-order valence-electron chi connectivity index (χ4n) is 2.54. The summed E-state index contributed by atoms with van der Waals surface area (Å²) in [7, 11) is -2.39. The maximum absolute atomic E-state index is 12.4. The third-order valence-electron chi connectivity index (χ3n) is 3.89. The van der Waals surface area contributed by atoms with Crippen molar-refractivity contribution in [3.8, 4) is 5.75 Å². The van der Waals surface area contributed by atoms with E-state index >= 15 is 0 Å². The number of fused-ring (bicyclic) bond motifs is 1. The molecule has 26 heavy (non-hydrogen) atoms. The number of rotatable bonds is 4. The van der Waals surface area contributed by atoms with E-state index in [9.17, 15) is 13.2 Å². The number of carbonyl (C=O) groups is 1. The Labute approximate surface area is 156 Å². The first-order valence-corrected chi connectivity index (χ1v) is 9.61. The van der Waals surface area contributed by atoms with Crippen molar-refractivity contribution in [3.63, 3.8) is 0 Å². The molecule has 1 amide bonds. The molecular formula is C16H16N2O6S2. The Hall–Kier alpha value is -2.43. The van der Waals surface area contributed by atoms with E-state index in [2.05, 4.69) is 0 Å². The van der Waals surface area contributed by atoms with E-state index in [1.165, 1.54) is 0 Å². The van der Waals surface area contributed by atoms with E-state index in [0.717, 1.165) is 10.6 Å². The van der Waals surface area contributed by atoms with E-state index < -0.39 is 21.8 Å². The normalized spacial score (nSPS) is 20.3. The molecular weight excluding hydrogens is 380 g/mol. The van der Waals surface area contributed by atoms with Crippen molar-refractivity contribution in [2.75, 3.05) is 24.2 Å². The third-order valence-corrected chi connectivity index (χ3v) is 4.89.